The highest BCUT2D eigenvalue weighted by Crippen LogP contribution is 2.25. The number of aryl methyl sites for hydroxylation is 1. The number of carbonyl (C=O) groups is 1. The average Bonchev–Trinajstić information content (AvgIpc) is 2.79. The molecular formula is C20H21N3O. The Balaban J connectivity index is 1.50. The number of para-hydroxylation sites is 1. The van der Waals surface area contributed by atoms with E-state index in [2.05, 4.69) is 34.6 Å². The zero-order valence-electron chi connectivity index (χ0n) is 13.8. The van der Waals surface area contributed by atoms with Gasteiger partial charge in [0.25, 0.3) is 0 Å². The van der Waals surface area contributed by atoms with Crippen LogP contribution in [-0.2, 0) is 12.8 Å². The zero-order valence-corrected chi connectivity index (χ0v) is 13.8. The lowest BCUT2D eigenvalue weighted by atomic mass is 10.1. The van der Waals surface area contributed by atoms with Crippen molar-refractivity contribution >= 4 is 22.6 Å². The molecule has 4 heteroatoms. The van der Waals surface area contributed by atoms with E-state index >= 15 is 0 Å². The van der Waals surface area contributed by atoms with Crippen molar-refractivity contribution in [2.45, 2.75) is 19.8 Å². The lowest BCUT2D eigenvalue weighted by molar-refractivity contribution is 0.214. The van der Waals surface area contributed by atoms with Crippen LogP contribution in [0.25, 0.3) is 10.9 Å². The van der Waals surface area contributed by atoms with E-state index in [1.54, 1.807) is 0 Å². The minimum absolute atomic E-state index is 0.0185. The minimum atomic E-state index is -0.0185. The topological polar surface area (TPSA) is 48.1 Å². The summed E-state index contributed by atoms with van der Waals surface area (Å²) in [6.45, 7) is 3.50. The fourth-order valence-corrected chi connectivity index (χ4v) is 3.49. The predicted octanol–water partition coefficient (Wildman–Crippen LogP) is 4.11. The summed E-state index contributed by atoms with van der Waals surface area (Å²) in [5.41, 5.74) is 5.82. The molecule has 3 aromatic rings. The molecule has 0 atom stereocenters. The molecular weight excluding hydrogens is 298 g/mol. The molecule has 2 heterocycles. The Morgan fingerprint density at radius 2 is 1.92 bits per heavy atom. The zero-order chi connectivity index (χ0) is 16.5. The normalized spacial score (nSPS) is 14.3. The van der Waals surface area contributed by atoms with Crippen LogP contribution in [0.3, 0.4) is 0 Å². The number of nitrogens with one attached hydrogen (secondary N) is 2. The Morgan fingerprint density at radius 3 is 2.79 bits per heavy atom. The lowest BCUT2D eigenvalue weighted by Crippen LogP contribution is -2.36. The highest BCUT2D eigenvalue weighted by Gasteiger charge is 2.21. The molecule has 0 unspecified atom stereocenters. The number of benzene rings is 2. The van der Waals surface area contributed by atoms with Gasteiger partial charge in [-0.3, -0.25) is 0 Å². The van der Waals surface area contributed by atoms with Gasteiger partial charge in [-0.2, -0.15) is 0 Å². The van der Waals surface area contributed by atoms with Gasteiger partial charge in [0, 0.05) is 41.8 Å². The van der Waals surface area contributed by atoms with E-state index in [0.29, 0.717) is 0 Å². The van der Waals surface area contributed by atoms with Gasteiger partial charge in [0.05, 0.1) is 0 Å². The Kier molecular flexibility index (Phi) is 3.73. The molecule has 1 aliphatic rings. The van der Waals surface area contributed by atoms with Crippen molar-refractivity contribution in [3.63, 3.8) is 0 Å². The highest BCUT2D eigenvalue weighted by molar-refractivity contribution is 5.90. The smallest absolute Gasteiger partial charge is 0.321 e. The van der Waals surface area contributed by atoms with Gasteiger partial charge in [-0.1, -0.05) is 30.3 Å². The Hall–Kier alpha value is -2.75. The van der Waals surface area contributed by atoms with Gasteiger partial charge in [-0.15, -0.1) is 0 Å². The monoisotopic (exact) mass is 319 g/mol. The van der Waals surface area contributed by atoms with Crippen LogP contribution in [0, 0.1) is 6.92 Å². The fourth-order valence-electron chi connectivity index (χ4n) is 3.49. The average molecular weight is 319 g/mol. The maximum atomic E-state index is 12.6. The number of nitrogens with zero attached hydrogens (tertiary/aromatic N) is 1. The SMILES string of the molecule is Cc1cccc(NC(=O)N2CCc3[nH]c4ccccc4c3CC2)c1. The first-order chi connectivity index (χ1) is 11.7. The van der Waals surface area contributed by atoms with Crippen LogP contribution in [0.1, 0.15) is 16.8 Å². The van der Waals surface area contributed by atoms with E-state index in [1.165, 1.54) is 22.2 Å². The number of rotatable bonds is 1. The summed E-state index contributed by atoms with van der Waals surface area (Å²) >= 11 is 0. The molecule has 0 radical (unpaired) electrons. The number of fused-ring (bicyclic) bond motifs is 3. The number of aromatic nitrogens is 1. The van der Waals surface area contributed by atoms with Gasteiger partial charge in [0.1, 0.15) is 0 Å². The lowest BCUT2D eigenvalue weighted by Gasteiger charge is -2.21. The number of anilines is 1. The van der Waals surface area contributed by atoms with Crippen LogP contribution in [0.15, 0.2) is 48.5 Å². The Bertz CT molecular complexity index is 897. The second kappa shape index (κ2) is 6.04. The maximum Gasteiger partial charge on any atom is 0.321 e. The van der Waals surface area contributed by atoms with Crippen molar-refractivity contribution in [1.29, 1.82) is 0 Å². The summed E-state index contributed by atoms with van der Waals surface area (Å²) in [5, 5.41) is 4.30. The third-order valence-corrected chi connectivity index (χ3v) is 4.72. The van der Waals surface area contributed by atoms with Gasteiger partial charge < -0.3 is 15.2 Å². The Labute approximate surface area is 141 Å². The first-order valence-corrected chi connectivity index (χ1v) is 8.42. The van der Waals surface area contributed by atoms with Crippen LogP contribution in [0.5, 0.6) is 0 Å². The third kappa shape index (κ3) is 2.75. The Morgan fingerprint density at radius 1 is 1.08 bits per heavy atom. The second-order valence-corrected chi connectivity index (χ2v) is 6.41. The number of hydrogen-bond donors (Lipinski definition) is 2. The summed E-state index contributed by atoms with van der Waals surface area (Å²) in [7, 11) is 0. The molecule has 0 spiro atoms. The minimum Gasteiger partial charge on any atom is -0.358 e. The summed E-state index contributed by atoms with van der Waals surface area (Å²) in [4.78, 5) is 18.0. The molecule has 0 aliphatic carbocycles. The van der Waals surface area contributed by atoms with Crippen LogP contribution < -0.4 is 5.32 Å². The highest BCUT2D eigenvalue weighted by atomic mass is 16.2. The third-order valence-electron chi connectivity index (χ3n) is 4.72. The van der Waals surface area contributed by atoms with Crippen molar-refractivity contribution in [3.8, 4) is 0 Å². The molecule has 0 saturated carbocycles. The van der Waals surface area contributed by atoms with Crippen LogP contribution in [0.4, 0.5) is 10.5 Å². The molecule has 24 heavy (non-hydrogen) atoms. The van der Waals surface area contributed by atoms with E-state index in [0.717, 1.165) is 37.2 Å². The van der Waals surface area contributed by atoms with E-state index < -0.39 is 0 Å². The molecule has 1 aromatic heterocycles. The van der Waals surface area contributed by atoms with Crippen molar-refractivity contribution in [2.75, 3.05) is 18.4 Å². The number of urea groups is 1. The molecule has 1 aliphatic heterocycles. The standard InChI is InChI=1S/C20H21N3O/c1-14-5-4-6-15(13-14)21-20(24)23-11-9-17-16-7-2-3-8-18(16)22-19(17)10-12-23/h2-8,13,22H,9-12H2,1H3,(H,21,24). The van der Waals surface area contributed by atoms with Gasteiger partial charge in [-0.05, 0) is 42.7 Å². The van der Waals surface area contributed by atoms with E-state index in [-0.39, 0.29) is 6.03 Å². The molecule has 2 aromatic carbocycles. The molecule has 0 fully saturated rings. The molecule has 4 rings (SSSR count). The number of H-pyrrole nitrogens is 1. The molecule has 0 bridgehead atoms. The molecule has 122 valence electrons. The summed E-state index contributed by atoms with van der Waals surface area (Å²) in [5.74, 6) is 0. The summed E-state index contributed by atoms with van der Waals surface area (Å²) in [6, 6.07) is 16.3. The van der Waals surface area contributed by atoms with Gasteiger partial charge in [0.15, 0.2) is 0 Å². The number of carbonyl (C=O) groups excluding carboxylic acids is 1. The van der Waals surface area contributed by atoms with Crippen LogP contribution >= 0.6 is 0 Å². The molecule has 2 N–H and O–H groups in total. The van der Waals surface area contributed by atoms with Crippen molar-refractivity contribution in [1.82, 2.24) is 9.88 Å². The van der Waals surface area contributed by atoms with Crippen LogP contribution in [0.2, 0.25) is 0 Å². The molecule has 2 amide bonds. The first kappa shape index (κ1) is 14.8. The van der Waals surface area contributed by atoms with Crippen molar-refractivity contribution in [3.05, 3.63) is 65.4 Å². The van der Waals surface area contributed by atoms with E-state index in [9.17, 15) is 4.79 Å². The first-order valence-electron chi connectivity index (χ1n) is 8.42. The number of hydrogen-bond acceptors (Lipinski definition) is 1. The largest absolute Gasteiger partial charge is 0.358 e. The van der Waals surface area contributed by atoms with Gasteiger partial charge in [-0.25, -0.2) is 4.79 Å². The molecule has 0 saturated heterocycles. The number of aromatic amines is 1. The molecule has 4 nitrogen and oxygen atoms in total. The fraction of sp³-hybridized carbons (Fsp3) is 0.250. The predicted molar refractivity (Wildman–Crippen MR) is 97.5 cm³/mol. The van der Waals surface area contributed by atoms with Crippen LogP contribution in [-0.4, -0.2) is 29.0 Å². The van der Waals surface area contributed by atoms with E-state index in [4.69, 9.17) is 0 Å². The number of amides is 2. The van der Waals surface area contributed by atoms with Gasteiger partial charge >= 0.3 is 6.03 Å². The van der Waals surface area contributed by atoms with E-state index in [1.807, 2.05) is 36.1 Å². The van der Waals surface area contributed by atoms with Crippen molar-refractivity contribution in [2.24, 2.45) is 0 Å². The summed E-state index contributed by atoms with van der Waals surface area (Å²) in [6.07, 6.45) is 1.76. The quantitative estimate of drug-likeness (QED) is 0.697. The maximum absolute atomic E-state index is 12.6. The van der Waals surface area contributed by atoms with Gasteiger partial charge in [0.2, 0.25) is 0 Å². The summed E-state index contributed by atoms with van der Waals surface area (Å²) < 4.78 is 0. The second-order valence-electron chi connectivity index (χ2n) is 6.41. The van der Waals surface area contributed by atoms with Crippen molar-refractivity contribution < 1.29 is 4.79 Å².